The van der Waals surface area contributed by atoms with Crippen LogP contribution in [0.1, 0.15) is 79.3 Å². The maximum atomic E-state index is 11.6. The van der Waals surface area contributed by atoms with Gasteiger partial charge in [-0.05, 0) is 72.8 Å². The number of carbonyl (C=O) groups is 1. The topological polar surface area (TPSA) is 144 Å². The second kappa shape index (κ2) is 16.5. The van der Waals surface area contributed by atoms with Crippen LogP contribution in [0.25, 0.3) is 10.9 Å². The van der Waals surface area contributed by atoms with Crippen LogP contribution in [-0.2, 0) is 0 Å². The number of aromatic amines is 1. The van der Waals surface area contributed by atoms with Gasteiger partial charge in [0.15, 0.2) is 0 Å². The van der Waals surface area contributed by atoms with E-state index in [-0.39, 0.29) is 11.3 Å². The smallest absolute Gasteiger partial charge is 0.405 e. The van der Waals surface area contributed by atoms with Crippen LogP contribution in [0.4, 0.5) is 4.79 Å². The van der Waals surface area contributed by atoms with E-state index in [0.717, 1.165) is 73.9 Å². The molecule has 9 nitrogen and oxygen atoms in total. The fourth-order valence-corrected chi connectivity index (χ4v) is 5.48. The molecule has 3 aromatic carbocycles. The normalized spacial score (nSPS) is 12.6. The van der Waals surface area contributed by atoms with Crippen molar-refractivity contribution in [1.82, 2.24) is 15.6 Å². The van der Waals surface area contributed by atoms with Crippen molar-refractivity contribution in [2.75, 3.05) is 19.7 Å². The Kier molecular flexibility index (Phi) is 12.2. The largest absolute Gasteiger partial charge is 0.506 e. The highest BCUT2D eigenvalue weighted by molar-refractivity contribution is 5.87. The van der Waals surface area contributed by atoms with Crippen molar-refractivity contribution in [2.24, 2.45) is 0 Å². The number of rotatable bonds is 17. The number of amides is 1. The summed E-state index contributed by atoms with van der Waals surface area (Å²) in [4.78, 5) is 25.7. The summed E-state index contributed by atoms with van der Waals surface area (Å²) >= 11 is 0. The lowest BCUT2D eigenvalue weighted by Crippen LogP contribution is -2.28. The molecule has 0 spiro atoms. The zero-order valence-corrected chi connectivity index (χ0v) is 25.2. The summed E-state index contributed by atoms with van der Waals surface area (Å²) in [5.74, 6) is 0.721. The molecule has 1 amide bonds. The number of pyridine rings is 1. The van der Waals surface area contributed by atoms with Gasteiger partial charge in [-0.2, -0.15) is 0 Å². The van der Waals surface area contributed by atoms with Crippen LogP contribution in [0.15, 0.2) is 77.6 Å². The number of benzene rings is 3. The third-order valence-electron chi connectivity index (χ3n) is 7.83. The van der Waals surface area contributed by atoms with E-state index in [0.29, 0.717) is 29.6 Å². The molecular weight excluding hydrogens is 558 g/mol. The fraction of sp³-hybridized carbons (Fsp3) is 0.371. The first-order valence-corrected chi connectivity index (χ1v) is 15.3. The van der Waals surface area contributed by atoms with E-state index in [1.807, 2.05) is 55.5 Å². The lowest BCUT2D eigenvalue weighted by molar-refractivity contribution is 0.176. The van der Waals surface area contributed by atoms with Gasteiger partial charge < -0.3 is 35.7 Å². The number of aromatic hydroxyl groups is 1. The summed E-state index contributed by atoms with van der Waals surface area (Å²) < 4.78 is 5.99. The lowest BCUT2D eigenvalue weighted by atomic mass is 9.95. The number of hydrogen-bond acceptors (Lipinski definition) is 6. The Hall–Kier alpha value is -4.34. The van der Waals surface area contributed by atoms with E-state index < -0.39 is 18.2 Å². The second-order valence-electron chi connectivity index (χ2n) is 11.1. The molecule has 1 aromatic heterocycles. The number of fused-ring (bicyclic) bond motifs is 1. The van der Waals surface area contributed by atoms with Gasteiger partial charge in [0.1, 0.15) is 11.5 Å². The van der Waals surface area contributed by atoms with Crippen LogP contribution >= 0.6 is 0 Å². The molecule has 0 aliphatic carbocycles. The Balaban J connectivity index is 1.08. The number of hydrogen-bond donors (Lipinski definition) is 6. The van der Waals surface area contributed by atoms with Crippen molar-refractivity contribution in [1.29, 1.82) is 0 Å². The number of aliphatic hydroxyl groups is 1. The SMILES string of the molecule is Cc1ccccc1C(NC(=O)O)c1cccc(OCCCCCCCCCNCC(O)c2ccc(O)c3[nH]c(=O)ccc23)c1. The van der Waals surface area contributed by atoms with E-state index in [4.69, 9.17) is 4.74 Å². The summed E-state index contributed by atoms with van der Waals surface area (Å²) in [6.07, 6.45) is 5.82. The highest BCUT2D eigenvalue weighted by atomic mass is 16.5. The molecule has 234 valence electrons. The van der Waals surface area contributed by atoms with Gasteiger partial charge >= 0.3 is 6.09 Å². The van der Waals surface area contributed by atoms with Crippen molar-refractivity contribution in [3.8, 4) is 11.5 Å². The first-order chi connectivity index (χ1) is 21.3. The van der Waals surface area contributed by atoms with Gasteiger partial charge in [0, 0.05) is 18.0 Å². The zero-order valence-electron chi connectivity index (χ0n) is 25.2. The molecule has 9 heteroatoms. The molecule has 2 atom stereocenters. The molecule has 0 aliphatic rings. The number of aromatic nitrogens is 1. The van der Waals surface area contributed by atoms with Crippen molar-refractivity contribution < 1.29 is 24.9 Å². The summed E-state index contributed by atoms with van der Waals surface area (Å²) in [6.45, 7) is 3.79. The molecule has 1 heterocycles. The number of phenolic OH excluding ortho intramolecular Hbond substituents is 1. The third kappa shape index (κ3) is 9.33. The van der Waals surface area contributed by atoms with Gasteiger partial charge in [-0.1, -0.05) is 74.6 Å². The van der Waals surface area contributed by atoms with E-state index in [9.17, 15) is 24.9 Å². The summed E-state index contributed by atoms with van der Waals surface area (Å²) in [6, 6.07) is 21.1. The molecule has 4 aromatic rings. The van der Waals surface area contributed by atoms with Gasteiger partial charge in [0.25, 0.3) is 0 Å². The quantitative estimate of drug-likeness (QED) is 0.0776. The molecule has 4 rings (SSSR count). The van der Waals surface area contributed by atoms with E-state index >= 15 is 0 Å². The lowest BCUT2D eigenvalue weighted by Gasteiger charge is -2.20. The Morgan fingerprint density at radius 1 is 0.886 bits per heavy atom. The minimum Gasteiger partial charge on any atom is -0.506 e. The molecule has 0 saturated carbocycles. The van der Waals surface area contributed by atoms with Crippen LogP contribution in [0.2, 0.25) is 0 Å². The molecule has 2 unspecified atom stereocenters. The predicted octanol–water partition coefficient (Wildman–Crippen LogP) is 6.33. The Morgan fingerprint density at radius 3 is 2.41 bits per heavy atom. The average Bonchev–Trinajstić information content (AvgIpc) is 3.01. The summed E-state index contributed by atoms with van der Waals surface area (Å²) in [7, 11) is 0. The maximum Gasteiger partial charge on any atom is 0.405 e. The average molecular weight is 602 g/mol. The Morgan fingerprint density at radius 2 is 1.64 bits per heavy atom. The molecule has 44 heavy (non-hydrogen) atoms. The predicted molar refractivity (Wildman–Crippen MR) is 173 cm³/mol. The number of aliphatic hydroxyl groups excluding tert-OH is 1. The number of phenols is 1. The number of ether oxygens (including phenoxy) is 1. The molecule has 6 N–H and O–H groups in total. The van der Waals surface area contributed by atoms with Gasteiger partial charge in [-0.25, -0.2) is 4.79 Å². The first-order valence-electron chi connectivity index (χ1n) is 15.3. The monoisotopic (exact) mass is 601 g/mol. The standard InChI is InChI=1S/C35H43N3O6/c1-24-12-7-8-15-27(24)33(38-35(42)43)25-13-11-14-26(22-25)44-21-10-6-4-2-3-5-9-20-36-23-31(40)28-16-18-30(39)34-29(28)17-19-32(41)37-34/h7-8,11-19,22,31,33,36,38-40H,2-6,9-10,20-21,23H2,1H3,(H,37,41)(H,42,43). The van der Waals surface area contributed by atoms with Crippen LogP contribution < -0.4 is 20.9 Å². The summed E-state index contributed by atoms with van der Waals surface area (Å²) in [5, 5.41) is 36.7. The van der Waals surface area contributed by atoms with Crippen LogP contribution in [0, 0.1) is 6.92 Å². The highest BCUT2D eigenvalue weighted by Crippen LogP contribution is 2.29. The van der Waals surface area contributed by atoms with Crippen LogP contribution in [0.3, 0.4) is 0 Å². The number of unbranched alkanes of at least 4 members (excludes halogenated alkanes) is 6. The number of aryl methyl sites for hydroxylation is 1. The van der Waals surface area contributed by atoms with Crippen molar-refractivity contribution >= 4 is 17.0 Å². The fourth-order valence-electron chi connectivity index (χ4n) is 5.48. The molecule has 0 bridgehead atoms. The van der Waals surface area contributed by atoms with Crippen molar-refractivity contribution in [3.05, 3.63) is 105 Å². The zero-order chi connectivity index (χ0) is 31.3. The third-order valence-corrected chi connectivity index (χ3v) is 7.83. The van der Waals surface area contributed by atoms with Gasteiger partial charge in [-0.15, -0.1) is 0 Å². The number of carboxylic acid groups (broad SMARTS) is 1. The van der Waals surface area contributed by atoms with Gasteiger partial charge in [0.05, 0.1) is 24.3 Å². The Labute approximate surface area is 257 Å². The minimum atomic E-state index is -1.07. The molecule has 0 saturated heterocycles. The maximum absolute atomic E-state index is 11.6. The Bertz CT molecular complexity index is 1570. The van der Waals surface area contributed by atoms with E-state index in [2.05, 4.69) is 15.6 Å². The van der Waals surface area contributed by atoms with Crippen LogP contribution in [0.5, 0.6) is 11.5 Å². The van der Waals surface area contributed by atoms with E-state index in [1.54, 1.807) is 12.1 Å². The first kappa shape index (κ1) is 32.6. The molecule has 0 fully saturated rings. The molecule has 0 aliphatic heterocycles. The van der Waals surface area contributed by atoms with Crippen molar-refractivity contribution in [3.63, 3.8) is 0 Å². The van der Waals surface area contributed by atoms with Gasteiger partial charge in [0.2, 0.25) is 5.56 Å². The van der Waals surface area contributed by atoms with E-state index in [1.165, 1.54) is 12.1 Å². The van der Waals surface area contributed by atoms with Gasteiger partial charge in [-0.3, -0.25) is 4.79 Å². The highest BCUT2D eigenvalue weighted by Gasteiger charge is 2.19. The second-order valence-corrected chi connectivity index (χ2v) is 11.1. The minimum absolute atomic E-state index is 0.0149. The number of H-pyrrole nitrogens is 1. The van der Waals surface area contributed by atoms with Crippen LogP contribution in [-0.4, -0.2) is 46.1 Å². The van der Waals surface area contributed by atoms with Crippen molar-refractivity contribution in [2.45, 2.75) is 64.0 Å². The number of nitrogens with one attached hydrogen (secondary N) is 3. The molecular formula is C35H43N3O6. The summed E-state index contributed by atoms with van der Waals surface area (Å²) in [5.41, 5.74) is 3.49. The molecule has 0 radical (unpaired) electrons.